The summed E-state index contributed by atoms with van der Waals surface area (Å²) in [6, 6.07) is 12.1. The minimum Gasteiger partial charge on any atom is -1.00 e. The van der Waals surface area contributed by atoms with Gasteiger partial charge in [-0.25, -0.2) is 0 Å². The molecule has 2 aromatic rings. The molecule has 4 rings (SSSR count). The minimum atomic E-state index is -0.491. The molecule has 5 heteroatoms. The van der Waals surface area contributed by atoms with E-state index in [2.05, 4.69) is 17.4 Å². The molecule has 4 nitrogen and oxygen atoms in total. The van der Waals surface area contributed by atoms with E-state index in [9.17, 15) is 9.59 Å². The Hall–Kier alpha value is -2.01. The fourth-order valence-corrected chi connectivity index (χ4v) is 3.92. The SMILES string of the molecule is O=C1NC(=O)C2(CCCC2)c2cc[n+](Cc3ccccc3)cc21.[Br-]. The van der Waals surface area contributed by atoms with Gasteiger partial charge in [0.25, 0.3) is 5.91 Å². The zero-order valence-electron chi connectivity index (χ0n) is 13.3. The monoisotopic (exact) mass is 386 g/mol. The van der Waals surface area contributed by atoms with Crippen molar-refractivity contribution in [2.45, 2.75) is 37.6 Å². The van der Waals surface area contributed by atoms with Crippen molar-refractivity contribution in [1.82, 2.24) is 5.32 Å². The van der Waals surface area contributed by atoms with Gasteiger partial charge in [0.15, 0.2) is 18.9 Å². The first-order chi connectivity index (χ1) is 11.2. The van der Waals surface area contributed by atoms with E-state index in [0.717, 1.165) is 31.2 Å². The van der Waals surface area contributed by atoms with Crippen LogP contribution in [0.1, 0.15) is 47.2 Å². The minimum absolute atomic E-state index is 0. The average Bonchev–Trinajstić information content (AvgIpc) is 3.05. The Balaban J connectivity index is 0.00000169. The van der Waals surface area contributed by atoms with Gasteiger partial charge in [0.05, 0.1) is 5.41 Å². The predicted octanol–water partition coefficient (Wildman–Crippen LogP) is -0.892. The molecule has 1 fully saturated rings. The first-order valence-electron chi connectivity index (χ1n) is 8.12. The van der Waals surface area contributed by atoms with Gasteiger partial charge in [-0.1, -0.05) is 43.2 Å². The van der Waals surface area contributed by atoms with Crippen molar-refractivity contribution in [2.24, 2.45) is 0 Å². The summed E-state index contributed by atoms with van der Waals surface area (Å²) in [5, 5.41) is 2.57. The molecule has 124 valence electrons. The van der Waals surface area contributed by atoms with Crippen molar-refractivity contribution in [1.29, 1.82) is 0 Å². The van der Waals surface area contributed by atoms with Crippen LogP contribution in [0.5, 0.6) is 0 Å². The van der Waals surface area contributed by atoms with Crippen LogP contribution in [0.15, 0.2) is 48.8 Å². The molecule has 2 aliphatic rings. The number of pyridine rings is 1. The van der Waals surface area contributed by atoms with E-state index >= 15 is 0 Å². The number of aromatic nitrogens is 1. The third-order valence-electron chi connectivity index (χ3n) is 5.10. The van der Waals surface area contributed by atoms with Crippen molar-refractivity contribution in [2.75, 3.05) is 0 Å². The van der Waals surface area contributed by atoms with Crippen LogP contribution in [0.2, 0.25) is 0 Å². The van der Waals surface area contributed by atoms with Gasteiger partial charge in [0.2, 0.25) is 5.91 Å². The fourth-order valence-electron chi connectivity index (χ4n) is 3.92. The highest BCUT2D eigenvalue weighted by Gasteiger charge is 2.49. The third kappa shape index (κ3) is 2.67. The molecule has 0 radical (unpaired) electrons. The lowest BCUT2D eigenvalue weighted by Crippen LogP contribution is -3.00. The number of nitrogens with zero attached hydrogens (tertiary/aromatic N) is 1. The molecule has 1 aromatic carbocycles. The van der Waals surface area contributed by atoms with Crippen LogP contribution in [0.3, 0.4) is 0 Å². The van der Waals surface area contributed by atoms with Crippen LogP contribution in [0.25, 0.3) is 0 Å². The molecular weight excluding hydrogens is 368 g/mol. The predicted molar refractivity (Wildman–Crippen MR) is 84.8 cm³/mol. The zero-order valence-corrected chi connectivity index (χ0v) is 14.9. The second-order valence-corrected chi connectivity index (χ2v) is 6.50. The van der Waals surface area contributed by atoms with Crippen LogP contribution >= 0.6 is 0 Å². The number of nitrogens with one attached hydrogen (secondary N) is 1. The van der Waals surface area contributed by atoms with Gasteiger partial charge in [-0.2, -0.15) is 4.57 Å². The summed E-state index contributed by atoms with van der Waals surface area (Å²) in [4.78, 5) is 24.7. The summed E-state index contributed by atoms with van der Waals surface area (Å²) in [7, 11) is 0. The van der Waals surface area contributed by atoms with E-state index in [0.29, 0.717) is 12.1 Å². The maximum Gasteiger partial charge on any atom is 0.264 e. The van der Waals surface area contributed by atoms with E-state index in [1.807, 2.05) is 41.2 Å². The summed E-state index contributed by atoms with van der Waals surface area (Å²) in [5.41, 5.74) is 2.24. The number of amides is 2. The quantitative estimate of drug-likeness (QED) is 0.537. The van der Waals surface area contributed by atoms with Crippen molar-refractivity contribution in [3.8, 4) is 0 Å². The highest BCUT2D eigenvalue weighted by atomic mass is 79.9. The number of carbonyl (C=O) groups is 2. The first kappa shape index (κ1) is 16.8. The van der Waals surface area contributed by atoms with Gasteiger partial charge >= 0.3 is 0 Å². The molecule has 1 N–H and O–H groups in total. The van der Waals surface area contributed by atoms with Crippen molar-refractivity contribution in [3.63, 3.8) is 0 Å². The van der Waals surface area contributed by atoms with Crippen LogP contribution < -0.4 is 26.9 Å². The van der Waals surface area contributed by atoms with E-state index in [4.69, 9.17) is 0 Å². The smallest absolute Gasteiger partial charge is 0.264 e. The summed E-state index contributed by atoms with van der Waals surface area (Å²) in [6.07, 6.45) is 7.62. The van der Waals surface area contributed by atoms with Crippen LogP contribution in [0, 0.1) is 0 Å². The number of hydrogen-bond acceptors (Lipinski definition) is 2. The highest BCUT2D eigenvalue weighted by Crippen LogP contribution is 2.44. The number of carbonyl (C=O) groups excluding carboxylic acids is 2. The van der Waals surface area contributed by atoms with Crippen LogP contribution in [-0.2, 0) is 16.8 Å². The molecule has 2 amide bonds. The second kappa shape index (κ2) is 6.48. The molecule has 0 unspecified atom stereocenters. The lowest BCUT2D eigenvalue weighted by atomic mass is 9.74. The maximum absolute atomic E-state index is 12.4. The summed E-state index contributed by atoms with van der Waals surface area (Å²) < 4.78 is 2.01. The van der Waals surface area contributed by atoms with E-state index in [1.165, 1.54) is 5.56 Å². The number of halogens is 1. The van der Waals surface area contributed by atoms with Crippen molar-refractivity contribution in [3.05, 3.63) is 65.5 Å². The van der Waals surface area contributed by atoms with Crippen molar-refractivity contribution < 1.29 is 31.1 Å². The molecular formula is C19H19BrN2O2. The summed E-state index contributed by atoms with van der Waals surface area (Å²) >= 11 is 0. The largest absolute Gasteiger partial charge is 1.00 e. The Kier molecular flexibility index (Phi) is 4.54. The molecule has 1 saturated carbocycles. The van der Waals surface area contributed by atoms with Gasteiger partial charge in [0.1, 0.15) is 5.56 Å². The van der Waals surface area contributed by atoms with E-state index in [-0.39, 0.29) is 28.8 Å². The van der Waals surface area contributed by atoms with Gasteiger partial charge < -0.3 is 17.0 Å². The second-order valence-electron chi connectivity index (χ2n) is 6.50. The standard InChI is InChI=1S/C19H18N2O2.BrH/c22-17-15-13-21(12-14-6-2-1-3-7-14)11-8-16(15)19(18(23)20-17)9-4-5-10-19;/h1-3,6-8,11,13H,4-5,9-10,12H2;1H. The first-order valence-corrected chi connectivity index (χ1v) is 8.12. The molecule has 0 bridgehead atoms. The summed E-state index contributed by atoms with van der Waals surface area (Å²) in [5.74, 6) is -0.391. The molecule has 1 aliphatic heterocycles. The molecule has 0 atom stereocenters. The fraction of sp³-hybridized carbons (Fsp3) is 0.316. The third-order valence-corrected chi connectivity index (χ3v) is 5.10. The van der Waals surface area contributed by atoms with Crippen LogP contribution in [-0.4, -0.2) is 11.8 Å². The Morgan fingerprint density at radius 1 is 1.04 bits per heavy atom. The number of benzene rings is 1. The van der Waals surface area contributed by atoms with Gasteiger partial charge in [-0.3, -0.25) is 14.9 Å². The lowest BCUT2D eigenvalue weighted by Gasteiger charge is -2.32. The lowest BCUT2D eigenvalue weighted by molar-refractivity contribution is -0.688. The molecule has 1 aliphatic carbocycles. The highest BCUT2D eigenvalue weighted by molar-refractivity contribution is 6.13. The summed E-state index contributed by atoms with van der Waals surface area (Å²) in [6.45, 7) is 0.711. The van der Waals surface area contributed by atoms with Gasteiger partial charge in [0, 0.05) is 11.6 Å². The molecule has 1 aromatic heterocycles. The van der Waals surface area contributed by atoms with Crippen LogP contribution in [0.4, 0.5) is 0 Å². The number of rotatable bonds is 2. The molecule has 2 heterocycles. The Labute approximate surface area is 151 Å². The van der Waals surface area contributed by atoms with E-state index < -0.39 is 5.41 Å². The number of hydrogen-bond donors (Lipinski definition) is 1. The average molecular weight is 387 g/mol. The molecule has 0 saturated heterocycles. The Morgan fingerprint density at radius 2 is 1.75 bits per heavy atom. The Morgan fingerprint density at radius 3 is 2.46 bits per heavy atom. The number of fused-ring (bicyclic) bond motifs is 2. The molecule has 1 spiro atoms. The zero-order chi connectivity index (χ0) is 15.9. The van der Waals surface area contributed by atoms with E-state index in [1.54, 1.807) is 0 Å². The van der Waals surface area contributed by atoms with Gasteiger partial charge in [-0.05, 0) is 18.4 Å². The normalized spacial score (nSPS) is 18.0. The Bertz CT molecular complexity index is 783. The van der Waals surface area contributed by atoms with Gasteiger partial charge in [-0.15, -0.1) is 0 Å². The van der Waals surface area contributed by atoms with Crippen molar-refractivity contribution >= 4 is 11.8 Å². The number of imide groups is 1. The molecule has 24 heavy (non-hydrogen) atoms. The maximum atomic E-state index is 12.4. The topological polar surface area (TPSA) is 50.1 Å².